The van der Waals surface area contributed by atoms with Crippen LogP contribution in [0.15, 0.2) is 18.2 Å². The molecule has 1 N–H and O–H groups in total. The fourth-order valence-electron chi connectivity index (χ4n) is 1.78. The molecule has 0 aliphatic heterocycles. The molecular formula is C14H17B2NO. The van der Waals surface area contributed by atoms with Crippen molar-refractivity contribution in [2.75, 3.05) is 5.32 Å². The minimum atomic E-state index is -0.192. The van der Waals surface area contributed by atoms with E-state index >= 15 is 0 Å². The molecule has 0 aliphatic carbocycles. The second-order valence-corrected chi connectivity index (χ2v) is 4.61. The summed E-state index contributed by atoms with van der Waals surface area (Å²) in [6.45, 7) is 7.76. The van der Waals surface area contributed by atoms with E-state index in [4.69, 9.17) is 15.7 Å². The van der Waals surface area contributed by atoms with E-state index in [1.807, 2.05) is 13.0 Å². The highest BCUT2D eigenvalue weighted by atomic mass is 16.1. The van der Waals surface area contributed by atoms with Crippen LogP contribution in [-0.2, 0) is 4.79 Å². The molecule has 0 saturated carbocycles. The minimum Gasteiger partial charge on any atom is -0.323 e. The number of amides is 1. The third-order valence-electron chi connectivity index (χ3n) is 2.91. The lowest BCUT2D eigenvalue weighted by atomic mass is 9.75. The molecule has 1 aromatic rings. The van der Waals surface area contributed by atoms with E-state index in [0.717, 1.165) is 11.1 Å². The number of carbonyl (C=O) groups excluding carboxylic acids is 1. The Labute approximate surface area is 112 Å². The highest BCUT2D eigenvalue weighted by Crippen LogP contribution is 2.17. The third kappa shape index (κ3) is 3.06. The van der Waals surface area contributed by atoms with Crippen molar-refractivity contribution in [3.05, 3.63) is 29.3 Å². The average molecular weight is 237 g/mol. The molecule has 4 radical (unpaired) electrons. The Morgan fingerprint density at radius 1 is 1.33 bits per heavy atom. The standard InChI is InChI=1S/C14H17B2NO/c1-5-6-12(18)17-11-7-10(8(2)3)13(15)9(4)14(11)16/h5-8H,1-4H3,(H,17,18)/b6-5+. The smallest absolute Gasteiger partial charge is 0.248 e. The molecule has 4 heteroatoms. The van der Waals surface area contributed by atoms with Gasteiger partial charge in [-0.2, -0.15) is 0 Å². The second kappa shape index (κ2) is 5.94. The molecule has 0 aromatic heterocycles. The second-order valence-electron chi connectivity index (χ2n) is 4.61. The number of anilines is 1. The monoisotopic (exact) mass is 237 g/mol. The summed E-state index contributed by atoms with van der Waals surface area (Å²) in [6, 6.07) is 1.85. The van der Waals surface area contributed by atoms with Gasteiger partial charge in [-0.25, -0.2) is 0 Å². The van der Waals surface area contributed by atoms with Crippen LogP contribution in [0.3, 0.4) is 0 Å². The number of hydrogen-bond acceptors (Lipinski definition) is 1. The number of allylic oxidation sites excluding steroid dienone is 1. The summed E-state index contributed by atoms with van der Waals surface area (Å²) >= 11 is 0. The average Bonchev–Trinajstić information content (AvgIpc) is 2.30. The lowest BCUT2D eigenvalue weighted by Crippen LogP contribution is -2.28. The first-order chi connectivity index (χ1) is 8.38. The number of nitrogens with one attached hydrogen (secondary N) is 1. The molecule has 0 saturated heterocycles. The van der Waals surface area contributed by atoms with E-state index in [1.165, 1.54) is 6.08 Å². The van der Waals surface area contributed by atoms with Gasteiger partial charge in [-0.3, -0.25) is 4.79 Å². The summed E-state index contributed by atoms with van der Waals surface area (Å²) in [5.74, 6) is 0.0877. The van der Waals surface area contributed by atoms with Gasteiger partial charge in [0, 0.05) is 5.69 Å². The van der Waals surface area contributed by atoms with E-state index in [1.54, 1.807) is 13.0 Å². The Bertz CT molecular complexity index is 493. The van der Waals surface area contributed by atoms with Crippen molar-refractivity contribution >= 4 is 38.2 Å². The first kappa shape index (κ1) is 14.6. The summed E-state index contributed by atoms with van der Waals surface area (Å²) in [4.78, 5) is 11.6. The maximum atomic E-state index is 11.6. The van der Waals surface area contributed by atoms with Gasteiger partial charge in [0.05, 0.1) is 0 Å². The first-order valence-corrected chi connectivity index (χ1v) is 6.00. The Morgan fingerprint density at radius 3 is 2.44 bits per heavy atom. The quantitative estimate of drug-likeness (QED) is 0.621. The van der Waals surface area contributed by atoms with Crippen LogP contribution in [0.2, 0.25) is 0 Å². The SMILES string of the molecule is [B]c1c(NC(=O)/C=C/C)cc(C(C)C)c([B])c1C. The minimum absolute atomic E-state index is 0.192. The molecule has 90 valence electrons. The first-order valence-electron chi connectivity index (χ1n) is 6.00. The van der Waals surface area contributed by atoms with Crippen LogP contribution in [0.5, 0.6) is 0 Å². The number of hydrogen-bond donors (Lipinski definition) is 1. The van der Waals surface area contributed by atoms with Crippen LogP contribution in [0.25, 0.3) is 0 Å². The van der Waals surface area contributed by atoms with Crippen molar-refractivity contribution in [2.45, 2.75) is 33.6 Å². The molecule has 1 amide bonds. The molecule has 0 aliphatic rings. The molecule has 2 nitrogen and oxygen atoms in total. The lowest BCUT2D eigenvalue weighted by Gasteiger charge is -2.19. The Hall–Kier alpha value is -1.44. The zero-order valence-corrected chi connectivity index (χ0v) is 11.4. The van der Waals surface area contributed by atoms with E-state index in [-0.39, 0.29) is 11.8 Å². The summed E-state index contributed by atoms with van der Waals surface area (Å²) in [5, 5.41) is 2.77. The fraction of sp³-hybridized carbons (Fsp3) is 0.357. The molecule has 1 rings (SSSR count). The van der Waals surface area contributed by atoms with Gasteiger partial charge >= 0.3 is 0 Å². The van der Waals surface area contributed by atoms with Crippen molar-refractivity contribution in [2.24, 2.45) is 0 Å². The van der Waals surface area contributed by atoms with Gasteiger partial charge in [-0.15, -0.1) is 0 Å². The highest BCUT2D eigenvalue weighted by molar-refractivity contribution is 6.43. The predicted molar refractivity (Wildman–Crippen MR) is 79.5 cm³/mol. The maximum absolute atomic E-state index is 11.6. The molecule has 18 heavy (non-hydrogen) atoms. The number of carbonyl (C=O) groups is 1. The highest BCUT2D eigenvalue weighted by Gasteiger charge is 2.12. The van der Waals surface area contributed by atoms with Gasteiger partial charge in [-0.05, 0) is 31.9 Å². The van der Waals surface area contributed by atoms with Crippen molar-refractivity contribution in [3.8, 4) is 0 Å². The molecule has 0 bridgehead atoms. The van der Waals surface area contributed by atoms with Crippen molar-refractivity contribution in [3.63, 3.8) is 0 Å². The Balaban J connectivity index is 3.24. The largest absolute Gasteiger partial charge is 0.323 e. The summed E-state index contributed by atoms with van der Waals surface area (Å²) < 4.78 is 0. The van der Waals surface area contributed by atoms with Crippen LogP contribution >= 0.6 is 0 Å². The number of rotatable bonds is 3. The Kier molecular flexibility index (Phi) is 4.83. The Morgan fingerprint density at radius 2 is 1.94 bits per heavy atom. The van der Waals surface area contributed by atoms with Gasteiger partial charge in [0.25, 0.3) is 0 Å². The van der Waals surface area contributed by atoms with Gasteiger partial charge in [0.15, 0.2) is 0 Å². The van der Waals surface area contributed by atoms with E-state index < -0.39 is 0 Å². The van der Waals surface area contributed by atoms with Crippen molar-refractivity contribution < 1.29 is 4.79 Å². The predicted octanol–water partition coefficient (Wildman–Crippen LogP) is 1.22. The maximum Gasteiger partial charge on any atom is 0.248 e. The van der Waals surface area contributed by atoms with Gasteiger partial charge < -0.3 is 5.32 Å². The zero-order valence-electron chi connectivity index (χ0n) is 11.4. The van der Waals surface area contributed by atoms with Crippen molar-refractivity contribution in [1.29, 1.82) is 0 Å². The van der Waals surface area contributed by atoms with Crippen LogP contribution in [0.1, 0.15) is 37.8 Å². The molecule has 1 aromatic carbocycles. The fourth-order valence-corrected chi connectivity index (χ4v) is 1.78. The molecule has 0 atom stereocenters. The normalized spacial score (nSPS) is 11.2. The van der Waals surface area contributed by atoms with E-state index in [9.17, 15) is 4.79 Å². The zero-order chi connectivity index (χ0) is 13.9. The molecular weight excluding hydrogens is 220 g/mol. The van der Waals surface area contributed by atoms with Crippen LogP contribution in [0.4, 0.5) is 5.69 Å². The van der Waals surface area contributed by atoms with Crippen molar-refractivity contribution in [1.82, 2.24) is 0 Å². The summed E-state index contributed by atoms with van der Waals surface area (Å²) in [6.07, 6.45) is 3.14. The molecule has 0 fully saturated rings. The van der Waals surface area contributed by atoms with Crippen LogP contribution in [0, 0.1) is 6.92 Å². The van der Waals surface area contributed by atoms with Crippen LogP contribution < -0.4 is 16.2 Å². The number of benzene rings is 1. The third-order valence-corrected chi connectivity index (χ3v) is 2.91. The molecule has 0 heterocycles. The topological polar surface area (TPSA) is 29.1 Å². The van der Waals surface area contributed by atoms with Gasteiger partial charge in [-0.1, -0.05) is 42.0 Å². The van der Waals surface area contributed by atoms with Gasteiger partial charge in [0.1, 0.15) is 15.7 Å². The van der Waals surface area contributed by atoms with Crippen LogP contribution in [-0.4, -0.2) is 21.6 Å². The van der Waals surface area contributed by atoms with E-state index in [2.05, 4.69) is 19.2 Å². The summed E-state index contributed by atoms with van der Waals surface area (Å²) in [7, 11) is 12.0. The molecule has 0 spiro atoms. The summed E-state index contributed by atoms with van der Waals surface area (Å²) in [5.41, 5.74) is 3.66. The lowest BCUT2D eigenvalue weighted by molar-refractivity contribution is -0.111. The van der Waals surface area contributed by atoms with E-state index in [0.29, 0.717) is 16.6 Å². The van der Waals surface area contributed by atoms with Gasteiger partial charge in [0.2, 0.25) is 5.91 Å². The molecule has 0 unspecified atom stereocenters.